The SMILES string of the molecule is CCc1cc(CC(=O)c2cnn(C)c2N)n(C)n1. The first-order valence-electron chi connectivity index (χ1n) is 5.85. The molecule has 0 aliphatic rings. The largest absolute Gasteiger partial charge is 0.383 e. The third-order valence-corrected chi connectivity index (χ3v) is 3.02. The number of nitrogen functional groups attached to an aromatic ring is 1. The summed E-state index contributed by atoms with van der Waals surface area (Å²) in [4.78, 5) is 12.1. The summed E-state index contributed by atoms with van der Waals surface area (Å²) in [6.07, 6.45) is 2.66. The van der Waals surface area contributed by atoms with Crippen LogP contribution in [0.15, 0.2) is 12.3 Å². The van der Waals surface area contributed by atoms with Crippen molar-refractivity contribution < 1.29 is 4.79 Å². The third kappa shape index (κ3) is 2.13. The van der Waals surface area contributed by atoms with Crippen molar-refractivity contribution in [3.05, 3.63) is 29.2 Å². The molecule has 2 N–H and O–H groups in total. The number of rotatable bonds is 4. The Bertz CT molecular complexity index is 581. The minimum absolute atomic E-state index is 0.0359. The van der Waals surface area contributed by atoms with E-state index in [1.165, 1.54) is 10.9 Å². The number of nitrogens with zero attached hydrogens (tertiary/aromatic N) is 4. The first kappa shape index (κ1) is 12.3. The summed E-state index contributed by atoms with van der Waals surface area (Å²) >= 11 is 0. The zero-order chi connectivity index (χ0) is 13.3. The van der Waals surface area contributed by atoms with Crippen LogP contribution in [-0.2, 0) is 26.9 Å². The first-order valence-corrected chi connectivity index (χ1v) is 5.85. The normalized spacial score (nSPS) is 10.8. The van der Waals surface area contributed by atoms with E-state index < -0.39 is 0 Å². The second kappa shape index (κ2) is 4.64. The van der Waals surface area contributed by atoms with Gasteiger partial charge in [0.15, 0.2) is 5.78 Å². The number of carbonyl (C=O) groups is 1. The maximum atomic E-state index is 12.1. The number of Topliss-reactive ketones (excluding diaryl/α,β-unsaturated/α-hetero) is 1. The van der Waals surface area contributed by atoms with Crippen LogP contribution < -0.4 is 5.73 Å². The Morgan fingerprint density at radius 2 is 2.11 bits per heavy atom. The fourth-order valence-corrected chi connectivity index (χ4v) is 1.83. The molecule has 0 aliphatic carbocycles. The molecule has 0 fully saturated rings. The molecule has 6 heteroatoms. The Morgan fingerprint density at radius 3 is 2.61 bits per heavy atom. The van der Waals surface area contributed by atoms with Crippen LogP contribution >= 0.6 is 0 Å². The molecule has 0 atom stereocenters. The van der Waals surface area contributed by atoms with E-state index in [0.29, 0.717) is 17.8 Å². The summed E-state index contributed by atoms with van der Waals surface area (Å²) in [5.41, 5.74) is 8.13. The van der Waals surface area contributed by atoms with Gasteiger partial charge in [0.2, 0.25) is 0 Å². The van der Waals surface area contributed by atoms with E-state index in [9.17, 15) is 4.79 Å². The summed E-state index contributed by atoms with van der Waals surface area (Å²) in [5.74, 6) is 0.365. The van der Waals surface area contributed by atoms with E-state index in [1.54, 1.807) is 11.7 Å². The number of aryl methyl sites for hydroxylation is 3. The molecule has 0 saturated carbocycles. The highest BCUT2D eigenvalue weighted by molar-refractivity contribution is 6.00. The van der Waals surface area contributed by atoms with Gasteiger partial charge in [0.25, 0.3) is 0 Å². The number of nitrogens with two attached hydrogens (primary N) is 1. The van der Waals surface area contributed by atoms with E-state index in [4.69, 9.17) is 5.73 Å². The maximum Gasteiger partial charge on any atom is 0.174 e. The average Bonchev–Trinajstić information content (AvgIpc) is 2.85. The molecule has 2 rings (SSSR count). The van der Waals surface area contributed by atoms with Gasteiger partial charge in [-0.3, -0.25) is 14.2 Å². The van der Waals surface area contributed by atoms with Crippen molar-refractivity contribution in [3.63, 3.8) is 0 Å². The fraction of sp³-hybridized carbons (Fsp3) is 0.417. The van der Waals surface area contributed by atoms with E-state index in [-0.39, 0.29) is 5.78 Å². The van der Waals surface area contributed by atoms with Crippen LogP contribution in [-0.4, -0.2) is 25.3 Å². The summed E-state index contributed by atoms with van der Waals surface area (Å²) in [6.45, 7) is 2.03. The molecule has 0 amide bonds. The smallest absolute Gasteiger partial charge is 0.174 e. The van der Waals surface area contributed by atoms with Crippen LogP contribution in [0.2, 0.25) is 0 Å². The molecule has 0 saturated heterocycles. The number of ketones is 1. The monoisotopic (exact) mass is 247 g/mol. The molecule has 2 aromatic heterocycles. The highest BCUT2D eigenvalue weighted by Gasteiger charge is 2.16. The van der Waals surface area contributed by atoms with E-state index >= 15 is 0 Å². The van der Waals surface area contributed by atoms with Crippen LogP contribution in [0.4, 0.5) is 5.82 Å². The maximum absolute atomic E-state index is 12.1. The predicted octanol–water partition coefficient (Wildman–Crippen LogP) is 0.724. The molecule has 0 aromatic carbocycles. The Labute approximate surface area is 105 Å². The first-order chi connectivity index (χ1) is 8.52. The lowest BCUT2D eigenvalue weighted by atomic mass is 10.1. The summed E-state index contributed by atoms with van der Waals surface area (Å²) in [5, 5.41) is 8.29. The van der Waals surface area contributed by atoms with Crippen molar-refractivity contribution in [2.45, 2.75) is 19.8 Å². The molecule has 0 radical (unpaired) electrons. The molecule has 0 spiro atoms. The van der Waals surface area contributed by atoms with Gasteiger partial charge in [0.05, 0.1) is 23.9 Å². The molecule has 2 aromatic rings. The van der Waals surface area contributed by atoms with E-state index in [1.807, 2.05) is 20.0 Å². The number of hydrogen-bond donors (Lipinski definition) is 1. The Morgan fingerprint density at radius 1 is 1.39 bits per heavy atom. The van der Waals surface area contributed by atoms with Gasteiger partial charge < -0.3 is 5.73 Å². The van der Waals surface area contributed by atoms with Gasteiger partial charge in [-0.2, -0.15) is 10.2 Å². The minimum Gasteiger partial charge on any atom is -0.383 e. The van der Waals surface area contributed by atoms with Crippen LogP contribution in [0.1, 0.15) is 28.7 Å². The highest BCUT2D eigenvalue weighted by Crippen LogP contribution is 2.14. The van der Waals surface area contributed by atoms with Crippen molar-refractivity contribution in [2.24, 2.45) is 14.1 Å². The molecule has 6 nitrogen and oxygen atoms in total. The minimum atomic E-state index is -0.0359. The van der Waals surface area contributed by atoms with E-state index in [0.717, 1.165) is 17.8 Å². The van der Waals surface area contributed by atoms with Crippen molar-refractivity contribution >= 4 is 11.6 Å². The van der Waals surface area contributed by atoms with Gasteiger partial charge in [-0.1, -0.05) is 6.92 Å². The lowest BCUT2D eigenvalue weighted by Crippen LogP contribution is -2.10. The van der Waals surface area contributed by atoms with Crippen molar-refractivity contribution in [2.75, 3.05) is 5.73 Å². The summed E-state index contributed by atoms with van der Waals surface area (Å²) in [6, 6.07) is 1.95. The summed E-state index contributed by atoms with van der Waals surface area (Å²) < 4.78 is 3.23. The van der Waals surface area contributed by atoms with Crippen LogP contribution in [0.3, 0.4) is 0 Å². The Kier molecular flexibility index (Phi) is 3.18. The number of anilines is 1. The van der Waals surface area contributed by atoms with Gasteiger partial charge in [-0.15, -0.1) is 0 Å². The van der Waals surface area contributed by atoms with Gasteiger partial charge in [-0.25, -0.2) is 0 Å². The molecule has 2 heterocycles. The standard InChI is InChI=1S/C12H17N5O/c1-4-8-5-9(16(2)15-8)6-11(18)10-7-14-17(3)12(10)13/h5,7H,4,6,13H2,1-3H3. The van der Waals surface area contributed by atoms with Gasteiger partial charge in [-0.05, 0) is 12.5 Å². The number of carbonyl (C=O) groups excluding carboxylic acids is 1. The fourth-order valence-electron chi connectivity index (χ4n) is 1.83. The van der Waals surface area contributed by atoms with Gasteiger partial charge >= 0.3 is 0 Å². The second-order valence-corrected chi connectivity index (χ2v) is 4.27. The van der Waals surface area contributed by atoms with Crippen molar-refractivity contribution in [1.29, 1.82) is 0 Å². The lowest BCUT2D eigenvalue weighted by Gasteiger charge is -2.01. The molecular weight excluding hydrogens is 230 g/mol. The van der Waals surface area contributed by atoms with Crippen molar-refractivity contribution in [3.8, 4) is 0 Å². The Hall–Kier alpha value is -2.11. The predicted molar refractivity (Wildman–Crippen MR) is 68.2 cm³/mol. The molecule has 96 valence electrons. The molecule has 18 heavy (non-hydrogen) atoms. The number of aromatic nitrogens is 4. The quantitative estimate of drug-likeness (QED) is 0.807. The topological polar surface area (TPSA) is 78.7 Å². The van der Waals surface area contributed by atoms with Crippen molar-refractivity contribution in [1.82, 2.24) is 19.6 Å². The average molecular weight is 247 g/mol. The molecule has 0 aliphatic heterocycles. The zero-order valence-electron chi connectivity index (χ0n) is 10.8. The molecule has 0 unspecified atom stereocenters. The van der Waals surface area contributed by atoms with Gasteiger partial charge in [0.1, 0.15) is 5.82 Å². The van der Waals surface area contributed by atoms with Crippen LogP contribution in [0.5, 0.6) is 0 Å². The van der Waals surface area contributed by atoms with Crippen LogP contribution in [0.25, 0.3) is 0 Å². The zero-order valence-corrected chi connectivity index (χ0v) is 10.8. The number of hydrogen-bond acceptors (Lipinski definition) is 4. The summed E-state index contributed by atoms with van der Waals surface area (Å²) in [7, 11) is 3.56. The lowest BCUT2D eigenvalue weighted by molar-refractivity contribution is 0.0991. The molecule has 0 bridgehead atoms. The van der Waals surface area contributed by atoms with E-state index in [2.05, 4.69) is 10.2 Å². The van der Waals surface area contributed by atoms with Gasteiger partial charge in [0, 0.05) is 19.8 Å². The highest BCUT2D eigenvalue weighted by atomic mass is 16.1. The third-order valence-electron chi connectivity index (χ3n) is 3.02. The second-order valence-electron chi connectivity index (χ2n) is 4.27. The molecular formula is C12H17N5O. The Balaban J connectivity index is 2.21. The van der Waals surface area contributed by atoms with Crippen LogP contribution in [0, 0.1) is 0 Å².